The third-order valence-electron chi connectivity index (χ3n) is 4.68. The van der Waals surface area contributed by atoms with Crippen LogP contribution in [0.15, 0.2) is 48.5 Å². The Hall–Kier alpha value is -2.53. The summed E-state index contributed by atoms with van der Waals surface area (Å²) in [4.78, 5) is 28.5. The molecule has 0 aliphatic carbocycles. The number of amides is 2. The summed E-state index contributed by atoms with van der Waals surface area (Å²) in [6, 6.07) is 14.6. The molecular weight excluding hydrogens is 362 g/mol. The summed E-state index contributed by atoms with van der Waals surface area (Å²) in [5.41, 5.74) is 2.40. The largest absolute Gasteiger partial charge is 0.368 e. The number of carbonyl (C=O) groups excluding carboxylic acids is 2. The predicted molar refractivity (Wildman–Crippen MR) is 109 cm³/mol. The summed E-state index contributed by atoms with van der Waals surface area (Å²) >= 11 is 5.85. The molecule has 1 saturated heterocycles. The van der Waals surface area contributed by atoms with E-state index in [1.165, 1.54) is 0 Å². The van der Waals surface area contributed by atoms with Crippen LogP contribution in [0.5, 0.6) is 0 Å². The van der Waals surface area contributed by atoms with Crippen molar-refractivity contribution in [2.75, 3.05) is 36.4 Å². The molecule has 0 saturated carbocycles. The lowest BCUT2D eigenvalue weighted by Gasteiger charge is -2.37. The molecule has 3 rings (SSSR count). The first-order valence-corrected chi connectivity index (χ1v) is 9.52. The fourth-order valence-electron chi connectivity index (χ4n) is 3.11. The van der Waals surface area contributed by atoms with Crippen LogP contribution in [-0.4, -0.2) is 42.9 Å². The summed E-state index contributed by atoms with van der Waals surface area (Å²) in [6.45, 7) is 6.99. The number of carbonyl (C=O) groups is 2. The zero-order valence-corrected chi connectivity index (χ0v) is 16.4. The van der Waals surface area contributed by atoms with Gasteiger partial charge in [-0.3, -0.25) is 9.59 Å². The Morgan fingerprint density at radius 3 is 2.07 bits per heavy atom. The highest BCUT2D eigenvalue weighted by Gasteiger charge is 2.22. The van der Waals surface area contributed by atoms with Crippen LogP contribution in [0, 0.1) is 5.92 Å². The van der Waals surface area contributed by atoms with Crippen LogP contribution in [0.25, 0.3) is 0 Å². The van der Waals surface area contributed by atoms with Gasteiger partial charge in [0.15, 0.2) is 0 Å². The number of hydrogen-bond acceptors (Lipinski definition) is 3. The Morgan fingerprint density at radius 1 is 0.926 bits per heavy atom. The van der Waals surface area contributed by atoms with Crippen LogP contribution in [0.3, 0.4) is 0 Å². The smallest absolute Gasteiger partial charge is 0.255 e. The summed E-state index contributed by atoms with van der Waals surface area (Å²) in [6.07, 6.45) is 0. The lowest BCUT2D eigenvalue weighted by Crippen LogP contribution is -2.49. The van der Waals surface area contributed by atoms with Crippen molar-refractivity contribution in [3.63, 3.8) is 0 Å². The molecule has 0 spiro atoms. The first-order chi connectivity index (χ1) is 12.9. The second-order valence-electron chi connectivity index (χ2n) is 6.97. The van der Waals surface area contributed by atoms with Crippen molar-refractivity contribution in [2.24, 2.45) is 5.92 Å². The molecule has 0 radical (unpaired) electrons. The Labute approximate surface area is 164 Å². The van der Waals surface area contributed by atoms with E-state index in [2.05, 4.69) is 10.2 Å². The molecule has 0 unspecified atom stereocenters. The predicted octanol–water partition coefficient (Wildman–Crippen LogP) is 3.90. The van der Waals surface area contributed by atoms with E-state index in [-0.39, 0.29) is 17.7 Å². The van der Waals surface area contributed by atoms with E-state index in [1.54, 1.807) is 24.3 Å². The van der Waals surface area contributed by atoms with Gasteiger partial charge in [0.2, 0.25) is 5.91 Å². The molecule has 1 N–H and O–H groups in total. The van der Waals surface area contributed by atoms with Crippen LogP contribution in [-0.2, 0) is 4.79 Å². The van der Waals surface area contributed by atoms with Gasteiger partial charge >= 0.3 is 0 Å². The van der Waals surface area contributed by atoms with E-state index in [9.17, 15) is 9.59 Å². The lowest BCUT2D eigenvalue weighted by molar-refractivity contribution is -0.134. The fourth-order valence-corrected chi connectivity index (χ4v) is 3.24. The van der Waals surface area contributed by atoms with Gasteiger partial charge in [0.25, 0.3) is 5.91 Å². The number of benzene rings is 2. The summed E-state index contributed by atoms with van der Waals surface area (Å²) < 4.78 is 0. The number of piperazine rings is 1. The molecule has 1 aliphatic heterocycles. The second kappa shape index (κ2) is 8.44. The highest BCUT2D eigenvalue weighted by molar-refractivity contribution is 6.30. The number of nitrogens with one attached hydrogen (secondary N) is 1. The third kappa shape index (κ3) is 4.80. The first kappa shape index (κ1) is 19.2. The Bertz CT molecular complexity index is 795. The van der Waals surface area contributed by atoms with Crippen LogP contribution < -0.4 is 10.2 Å². The molecule has 0 aromatic heterocycles. The van der Waals surface area contributed by atoms with Gasteiger partial charge in [-0.05, 0) is 48.5 Å². The van der Waals surface area contributed by atoms with Crippen LogP contribution in [0.1, 0.15) is 24.2 Å². The molecule has 27 heavy (non-hydrogen) atoms. The van der Waals surface area contributed by atoms with Crippen molar-refractivity contribution in [2.45, 2.75) is 13.8 Å². The highest BCUT2D eigenvalue weighted by Crippen LogP contribution is 2.21. The van der Waals surface area contributed by atoms with Gasteiger partial charge in [0.05, 0.1) is 0 Å². The molecule has 2 amide bonds. The van der Waals surface area contributed by atoms with E-state index in [0.29, 0.717) is 10.6 Å². The van der Waals surface area contributed by atoms with E-state index >= 15 is 0 Å². The van der Waals surface area contributed by atoms with Gasteiger partial charge in [-0.15, -0.1) is 0 Å². The third-order valence-corrected chi connectivity index (χ3v) is 4.93. The average molecular weight is 386 g/mol. The first-order valence-electron chi connectivity index (χ1n) is 9.15. The molecule has 1 aliphatic rings. The molecule has 1 fully saturated rings. The molecule has 2 aromatic carbocycles. The molecule has 2 aromatic rings. The van der Waals surface area contributed by atoms with Crippen LogP contribution in [0.2, 0.25) is 5.02 Å². The number of nitrogens with zero attached hydrogens (tertiary/aromatic N) is 2. The van der Waals surface area contributed by atoms with Gasteiger partial charge < -0.3 is 15.1 Å². The van der Waals surface area contributed by atoms with E-state index < -0.39 is 0 Å². The number of hydrogen-bond donors (Lipinski definition) is 1. The Kier molecular flexibility index (Phi) is 6.01. The number of anilines is 2. The molecule has 0 atom stereocenters. The van der Waals surface area contributed by atoms with Crippen molar-refractivity contribution in [3.05, 3.63) is 59.1 Å². The Morgan fingerprint density at radius 2 is 1.52 bits per heavy atom. The lowest BCUT2D eigenvalue weighted by atomic mass is 10.1. The maximum Gasteiger partial charge on any atom is 0.255 e. The summed E-state index contributed by atoms with van der Waals surface area (Å²) in [5, 5.41) is 3.49. The SMILES string of the molecule is CC(C)C(=O)N1CCN(c2ccc(NC(=O)c3ccc(Cl)cc3)cc2)CC1. The zero-order valence-electron chi connectivity index (χ0n) is 15.6. The summed E-state index contributed by atoms with van der Waals surface area (Å²) in [5.74, 6) is 0.0928. The maximum atomic E-state index is 12.3. The highest BCUT2D eigenvalue weighted by atomic mass is 35.5. The van der Waals surface area contributed by atoms with Crippen molar-refractivity contribution in [1.29, 1.82) is 0 Å². The van der Waals surface area contributed by atoms with Crippen molar-refractivity contribution in [3.8, 4) is 0 Å². The Balaban J connectivity index is 1.57. The van der Waals surface area contributed by atoms with E-state index in [1.807, 2.05) is 43.0 Å². The van der Waals surface area contributed by atoms with Crippen molar-refractivity contribution in [1.82, 2.24) is 4.90 Å². The van der Waals surface area contributed by atoms with Gasteiger partial charge in [-0.2, -0.15) is 0 Å². The number of halogens is 1. The summed E-state index contributed by atoms with van der Waals surface area (Å²) in [7, 11) is 0. The molecule has 6 heteroatoms. The molecule has 0 bridgehead atoms. The minimum absolute atomic E-state index is 0.0417. The molecule has 5 nitrogen and oxygen atoms in total. The van der Waals surface area contributed by atoms with E-state index in [0.717, 1.165) is 37.6 Å². The maximum absolute atomic E-state index is 12.3. The van der Waals surface area contributed by atoms with Crippen LogP contribution in [0.4, 0.5) is 11.4 Å². The minimum atomic E-state index is -0.166. The topological polar surface area (TPSA) is 52.7 Å². The van der Waals surface area contributed by atoms with Crippen LogP contribution >= 0.6 is 11.6 Å². The molecular formula is C21H24ClN3O2. The molecule has 1 heterocycles. The van der Waals surface area contributed by atoms with Gasteiger partial charge in [0, 0.05) is 54.1 Å². The zero-order chi connectivity index (χ0) is 19.4. The van der Waals surface area contributed by atoms with Gasteiger partial charge in [-0.25, -0.2) is 0 Å². The quantitative estimate of drug-likeness (QED) is 0.868. The molecule has 142 valence electrons. The normalized spacial score (nSPS) is 14.4. The second-order valence-corrected chi connectivity index (χ2v) is 7.41. The van der Waals surface area contributed by atoms with Crippen molar-refractivity contribution >= 4 is 34.8 Å². The van der Waals surface area contributed by atoms with Crippen molar-refractivity contribution < 1.29 is 9.59 Å². The monoisotopic (exact) mass is 385 g/mol. The van der Waals surface area contributed by atoms with Gasteiger partial charge in [0.1, 0.15) is 0 Å². The van der Waals surface area contributed by atoms with Gasteiger partial charge in [-0.1, -0.05) is 25.4 Å². The average Bonchev–Trinajstić information content (AvgIpc) is 2.68. The van der Waals surface area contributed by atoms with E-state index in [4.69, 9.17) is 11.6 Å². The minimum Gasteiger partial charge on any atom is -0.368 e. The number of rotatable bonds is 4. The standard InChI is InChI=1S/C21H24ClN3O2/c1-15(2)21(27)25-13-11-24(12-14-25)19-9-7-18(8-10-19)23-20(26)16-3-5-17(22)6-4-16/h3-10,15H,11-14H2,1-2H3,(H,23,26). The fraction of sp³-hybridized carbons (Fsp3) is 0.333.